The van der Waals surface area contributed by atoms with Gasteiger partial charge in [0.2, 0.25) is 0 Å². The fourth-order valence-corrected chi connectivity index (χ4v) is 10.7. The van der Waals surface area contributed by atoms with Gasteiger partial charge in [-0.2, -0.15) is 0 Å². The molecule has 11 aromatic rings. The zero-order chi connectivity index (χ0) is 36.3. The Morgan fingerprint density at radius 3 is 1.35 bits per heavy atom. The third kappa shape index (κ3) is 5.43. The molecule has 0 atom stereocenters. The molecule has 0 N–H and O–H groups in total. The van der Waals surface area contributed by atoms with Gasteiger partial charge in [-0.25, -0.2) is 0 Å². The van der Waals surface area contributed by atoms with Gasteiger partial charge in [0.25, 0.3) is 0 Å². The molecular formula is C52H33NS2. The Bertz CT molecular complexity index is 3170. The first-order valence-electron chi connectivity index (χ1n) is 18.7. The lowest BCUT2D eigenvalue weighted by Crippen LogP contribution is -2.09. The Labute approximate surface area is 327 Å². The van der Waals surface area contributed by atoms with Crippen molar-refractivity contribution in [2.24, 2.45) is 0 Å². The van der Waals surface area contributed by atoms with Crippen molar-refractivity contribution in [3.8, 4) is 33.4 Å². The van der Waals surface area contributed by atoms with Gasteiger partial charge in [0.05, 0.1) is 0 Å². The number of thiophene rings is 2. The van der Waals surface area contributed by atoms with Crippen LogP contribution in [0.3, 0.4) is 0 Å². The van der Waals surface area contributed by atoms with E-state index in [-0.39, 0.29) is 0 Å². The van der Waals surface area contributed by atoms with Crippen molar-refractivity contribution in [2.75, 3.05) is 4.90 Å². The Morgan fingerprint density at radius 1 is 0.273 bits per heavy atom. The molecule has 258 valence electrons. The maximum absolute atomic E-state index is 2.40. The molecule has 0 amide bonds. The minimum atomic E-state index is 1.11. The van der Waals surface area contributed by atoms with Gasteiger partial charge in [-0.3, -0.25) is 0 Å². The standard InChI is InChI=1S/C52H33NS2/c1-2-11-34(12-3-1)35-21-27-38(28-22-35)53(39-29-23-36(24-30-39)41-17-10-18-46-43-14-6-8-19-49(43)54-51(41)46)40-31-25-37(26-32-40)47-33-48-44-15-7-9-20-50(44)55-52(48)45-16-5-4-13-42(45)47/h1-33H. The molecule has 0 aliphatic rings. The van der Waals surface area contributed by atoms with Gasteiger partial charge >= 0.3 is 0 Å². The highest BCUT2D eigenvalue weighted by molar-refractivity contribution is 7.27. The normalized spacial score (nSPS) is 11.6. The monoisotopic (exact) mass is 735 g/mol. The van der Waals surface area contributed by atoms with Crippen LogP contribution in [0, 0.1) is 0 Å². The first-order valence-corrected chi connectivity index (χ1v) is 20.3. The van der Waals surface area contributed by atoms with Crippen molar-refractivity contribution in [3.05, 3.63) is 200 Å². The van der Waals surface area contributed by atoms with Crippen LogP contribution >= 0.6 is 22.7 Å². The molecule has 0 saturated carbocycles. The van der Waals surface area contributed by atoms with Crippen LogP contribution in [-0.4, -0.2) is 0 Å². The molecule has 0 saturated heterocycles. The number of rotatable bonds is 6. The lowest BCUT2D eigenvalue weighted by Gasteiger charge is -2.26. The predicted molar refractivity (Wildman–Crippen MR) is 241 cm³/mol. The maximum Gasteiger partial charge on any atom is 0.0462 e. The van der Waals surface area contributed by atoms with E-state index in [4.69, 9.17) is 0 Å². The molecule has 0 fully saturated rings. The van der Waals surface area contributed by atoms with Gasteiger partial charge in [0.15, 0.2) is 0 Å². The van der Waals surface area contributed by atoms with Crippen molar-refractivity contribution in [1.29, 1.82) is 0 Å². The molecule has 11 rings (SSSR count). The minimum absolute atomic E-state index is 1.11. The maximum atomic E-state index is 2.40. The van der Waals surface area contributed by atoms with Gasteiger partial charge in [-0.15, -0.1) is 22.7 Å². The summed E-state index contributed by atoms with van der Waals surface area (Å²) < 4.78 is 5.35. The predicted octanol–water partition coefficient (Wildman–Crippen LogP) is 16.0. The summed E-state index contributed by atoms with van der Waals surface area (Å²) in [6.07, 6.45) is 0. The van der Waals surface area contributed by atoms with Gasteiger partial charge in [0, 0.05) is 62.8 Å². The summed E-state index contributed by atoms with van der Waals surface area (Å²) in [6, 6.07) is 73.2. The van der Waals surface area contributed by atoms with Gasteiger partial charge in [0.1, 0.15) is 0 Å². The van der Waals surface area contributed by atoms with Crippen LogP contribution in [-0.2, 0) is 0 Å². The number of fused-ring (bicyclic) bond motifs is 8. The molecule has 0 radical (unpaired) electrons. The van der Waals surface area contributed by atoms with E-state index >= 15 is 0 Å². The van der Waals surface area contributed by atoms with Crippen LogP contribution in [0.2, 0.25) is 0 Å². The second-order valence-electron chi connectivity index (χ2n) is 14.1. The van der Waals surface area contributed by atoms with E-state index in [9.17, 15) is 0 Å². The molecule has 55 heavy (non-hydrogen) atoms. The number of hydrogen-bond donors (Lipinski definition) is 0. The van der Waals surface area contributed by atoms with E-state index in [0.717, 1.165) is 17.1 Å². The molecule has 1 nitrogen and oxygen atoms in total. The Kier molecular flexibility index (Phi) is 7.61. The van der Waals surface area contributed by atoms with Crippen molar-refractivity contribution in [3.63, 3.8) is 0 Å². The second kappa shape index (κ2) is 13.1. The van der Waals surface area contributed by atoms with Crippen LogP contribution in [0.1, 0.15) is 0 Å². The third-order valence-electron chi connectivity index (χ3n) is 10.9. The summed E-state index contributed by atoms with van der Waals surface area (Å²) in [6.45, 7) is 0. The van der Waals surface area contributed by atoms with Crippen LogP contribution < -0.4 is 4.90 Å². The Balaban J connectivity index is 1.02. The van der Waals surface area contributed by atoms with Crippen LogP contribution in [0.4, 0.5) is 17.1 Å². The van der Waals surface area contributed by atoms with E-state index < -0.39 is 0 Å². The van der Waals surface area contributed by atoms with Crippen molar-refractivity contribution in [2.45, 2.75) is 0 Å². The zero-order valence-electron chi connectivity index (χ0n) is 29.8. The number of benzene rings is 9. The lowest BCUT2D eigenvalue weighted by atomic mass is 9.95. The third-order valence-corrected chi connectivity index (χ3v) is 13.3. The van der Waals surface area contributed by atoms with E-state index in [2.05, 4.69) is 205 Å². The van der Waals surface area contributed by atoms with E-state index in [1.165, 1.54) is 84.5 Å². The first kappa shape index (κ1) is 32.0. The number of anilines is 3. The molecule has 2 heterocycles. The van der Waals surface area contributed by atoms with E-state index in [1.54, 1.807) is 0 Å². The molecule has 3 heteroatoms. The average Bonchev–Trinajstić information content (AvgIpc) is 3.84. The summed E-state index contributed by atoms with van der Waals surface area (Å²) in [7, 11) is 0. The summed E-state index contributed by atoms with van der Waals surface area (Å²) in [4.78, 5) is 2.37. The average molecular weight is 736 g/mol. The summed E-state index contributed by atoms with van der Waals surface area (Å²) in [5, 5.41) is 7.89. The summed E-state index contributed by atoms with van der Waals surface area (Å²) in [5.74, 6) is 0. The Hall–Kier alpha value is -6.52. The quantitative estimate of drug-likeness (QED) is 0.164. The highest BCUT2D eigenvalue weighted by Gasteiger charge is 2.17. The molecule has 0 bridgehead atoms. The van der Waals surface area contributed by atoms with Crippen molar-refractivity contribution >= 4 is 90.9 Å². The zero-order valence-corrected chi connectivity index (χ0v) is 31.4. The highest BCUT2D eigenvalue weighted by Crippen LogP contribution is 2.45. The summed E-state index contributed by atoms with van der Waals surface area (Å²) >= 11 is 3.77. The van der Waals surface area contributed by atoms with E-state index in [0.29, 0.717) is 0 Å². The van der Waals surface area contributed by atoms with Crippen LogP contribution in [0.25, 0.3) is 84.5 Å². The largest absolute Gasteiger partial charge is 0.311 e. The molecule has 9 aromatic carbocycles. The Morgan fingerprint density at radius 2 is 0.709 bits per heavy atom. The summed E-state index contributed by atoms with van der Waals surface area (Å²) in [5.41, 5.74) is 10.7. The minimum Gasteiger partial charge on any atom is -0.311 e. The fourth-order valence-electron chi connectivity index (χ4n) is 8.22. The van der Waals surface area contributed by atoms with Crippen molar-refractivity contribution in [1.82, 2.24) is 0 Å². The fraction of sp³-hybridized carbons (Fsp3) is 0. The molecule has 2 aromatic heterocycles. The molecule has 0 unspecified atom stereocenters. The smallest absolute Gasteiger partial charge is 0.0462 e. The molecular weight excluding hydrogens is 703 g/mol. The van der Waals surface area contributed by atoms with E-state index in [1.807, 2.05) is 22.7 Å². The first-order chi connectivity index (χ1) is 27.3. The van der Waals surface area contributed by atoms with Gasteiger partial charge in [-0.1, -0.05) is 146 Å². The molecule has 0 aliphatic carbocycles. The SMILES string of the molecule is c1ccc(-c2ccc(N(c3ccc(-c4cc5c6ccccc6sc5c5ccccc45)cc3)c3ccc(-c4cccc5c4sc4ccccc45)cc3)cc2)cc1. The van der Waals surface area contributed by atoms with Gasteiger partial charge < -0.3 is 4.90 Å². The highest BCUT2D eigenvalue weighted by atomic mass is 32.1. The number of nitrogens with zero attached hydrogens (tertiary/aromatic N) is 1. The topological polar surface area (TPSA) is 3.24 Å². The van der Waals surface area contributed by atoms with Crippen LogP contribution in [0.5, 0.6) is 0 Å². The molecule has 0 aliphatic heterocycles. The lowest BCUT2D eigenvalue weighted by molar-refractivity contribution is 1.28. The molecule has 0 spiro atoms. The number of hydrogen-bond acceptors (Lipinski definition) is 3. The second-order valence-corrected chi connectivity index (χ2v) is 16.2. The van der Waals surface area contributed by atoms with Crippen LogP contribution in [0.15, 0.2) is 200 Å². The van der Waals surface area contributed by atoms with Gasteiger partial charge in [-0.05, 0) is 93.4 Å². The van der Waals surface area contributed by atoms with Crippen molar-refractivity contribution < 1.29 is 0 Å².